The topological polar surface area (TPSA) is 78.5 Å². The number of hydrogen-bond donors (Lipinski definition) is 2. The van der Waals surface area contributed by atoms with E-state index >= 15 is 0 Å². The van der Waals surface area contributed by atoms with Crippen molar-refractivity contribution < 1.29 is 14.4 Å². The highest BCUT2D eigenvalue weighted by molar-refractivity contribution is 8.14. The summed E-state index contributed by atoms with van der Waals surface area (Å²) < 4.78 is 0. The lowest BCUT2D eigenvalue weighted by molar-refractivity contribution is -0.125. The first-order valence-corrected chi connectivity index (χ1v) is 10.7. The Bertz CT molecular complexity index is 677. The number of carbonyl (C=O) groups is 3. The van der Waals surface area contributed by atoms with E-state index in [4.69, 9.17) is 0 Å². The normalized spacial score (nSPS) is 17.9. The van der Waals surface area contributed by atoms with Crippen LogP contribution in [-0.4, -0.2) is 46.8 Å². The van der Waals surface area contributed by atoms with Gasteiger partial charge < -0.3 is 10.6 Å². The third kappa shape index (κ3) is 6.50. The van der Waals surface area contributed by atoms with E-state index in [-0.39, 0.29) is 41.8 Å². The number of benzene rings is 1. The van der Waals surface area contributed by atoms with Crippen molar-refractivity contribution in [3.8, 4) is 0 Å². The molecule has 28 heavy (non-hydrogen) atoms. The summed E-state index contributed by atoms with van der Waals surface area (Å²) in [5, 5.41) is 6.26. The molecule has 1 aliphatic heterocycles. The van der Waals surface area contributed by atoms with Crippen LogP contribution in [0.15, 0.2) is 24.3 Å². The Morgan fingerprint density at radius 2 is 1.86 bits per heavy atom. The summed E-state index contributed by atoms with van der Waals surface area (Å²) in [6, 6.07) is 7.68. The van der Waals surface area contributed by atoms with E-state index in [9.17, 15) is 14.4 Å². The van der Waals surface area contributed by atoms with Crippen LogP contribution in [0.1, 0.15) is 54.4 Å². The van der Waals surface area contributed by atoms with Crippen molar-refractivity contribution in [3.63, 3.8) is 0 Å². The van der Waals surface area contributed by atoms with E-state index < -0.39 is 0 Å². The lowest BCUT2D eigenvalue weighted by Crippen LogP contribution is -2.36. The lowest BCUT2D eigenvalue weighted by Gasteiger charge is -2.16. The molecule has 8 heteroatoms. The monoisotopic (exact) mass is 425 g/mol. The second-order valence-electron chi connectivity index (χ2n) is 7.13. The zero-order valence-corrected chi connectivity index (χ0v) is 17.6. The molecule has 0 radical (unpaired) electrons. The number of thioether (sulfide) groups is 1. The first-order chi connectivity index (χ1) is 13.1. The van der Waals surface area contributed by atoms with Crippen LogP contribution in [-0.2, 0) is 11.3 Å². The summed E-state index contributed by atoms with van der Waals surface area (Å²) in [6.45, 7) is 1.57. The van der Waals surface area contributed by atoms with Crippen molar-refractivity contribution in [1.29, 1.82) is 0 Å². The molecule has 6 nitrogen and oxygen atoms in total. The second kappa shape index (κ2) is 11.4. The molecule has 0 aromatic heterocycles. The molecular formula is C20H28ClN3O3S. The van der Waals surface area contributed by atoms with Crippen molar-refractivity contribution in [1.82, 2.24) is 15.5 Å². The minimum Gasteiger partial charge on any atom is -0.351 e. The van der Waals surface area contributed by atoms with Gasteiger partial charge in [-0.25, -0.2) is 0 Å². The van der Waals surface area contributed by atoms with Gasteiger partial charge in [-0.2, -0.15) is 0 Å². The fraction of sp³-hybridized carbons (Fsp3) is 0.550. The number of nitrogens with one attached hydrogen (secondary N) is 2. The molecule has 0 bridgehead atoms. The number of amides is 3. The lowest BCUT2D eigenvalue weighted by atomic mass is 10.1. The smallest absolute Gasteiger partial charge is 0.289 e. The van der Waals surface area contributed by atoms with Gasteiger partial charge in [0.15, 0.2) is 0 Å². The minimum absolute atomic E-state index is 0. The van der Waals surface area contributed by atoms with Crippen LogP contribution in [0.2, 0.25) is 0 Å². The Hall–Kier alpha value is -1.57. The summed E-state index contributed by atoms with van der Waals surface area (Å²) in [4.78, 5) is 37.1. The van der Waals surface area contributed by atoms with Gasteiger partial charge in [0.2, 0.25) is 5.91 Å². The third-order valence-corrected chi connectivity index (χ3v) is 5.93. The fourth-order valence-electron chi connectivity index (χ4n) is 3.57. The average molecular weight is 426 g/mol. The molecule has 3 amide bonds. The van der Waals surface area contributed by atoms with Gasteiger partial charge in [-0.3, -0.25) is 19.3 Å². The number of hydrogen-bond acceptors (Lipinski definition) is 5. The fourth-order valence-corrected chi connectivity index (χ4v) is 4.29. The number of halogens is 1. The van der Waals surface area contributed by atoms with E-state index in [1.807, 2.05) is 6.07 Å². The Morgan fingerprint density at radius 1 is 1.11 bits per heavy atom. The molecule has 1 aliphatic carbocycles. The van der Waals surface area contributed by atoms with E-state index in [1.165, 1.54) is 43.4 Å². The Balaban J connectivity index is 0.00000280. The van der Waals surface area contributed by atoms with Crippen molar-refractivity contribution >= 4 is 41.2 Å². The second-order valence-corrected chi connectivity index (χ2v) is 8.06. The van der Waals surface area contributed by atoms with Gasteiger partial charge in [0, 0.05) is 24.7 Å². The quantitative estimate of drug-likeness (QED) is 0.517. The molecule has 0 unspecified atom stereocenters. The van der Waals surface area contributed by atoms with E-state index in [0.717, 1.165) is 23.9 Å². The molecule has 2 aliphatic rings. The Kier molecular flexibility index (Phi) is 9.28. The van der Waals surface area contributed by atoms with Gasteiger partial charge >= 0.3 is 0 Å². The highest BCUT2D eigenvalue weighted by Crippen LogP contribution is 2.21. The van der Waals surface area contributed by atoms with Crippen molar-refractivity contribution in [2.45, 2.75) is 51.1 Å². The molecule has 2 N–H and O–H groups in total. The van der Waals surface area contributed by atoms with E-state index in [0.29, 0.717) is 18.2 Å². The summed E-state index contributed by atoms with van der Waals surface area (Å²) in [7, 11) is 0. The summed E-state index contributed by atoms with van der Waals surface area (Å²) in [6.07, 6.45) is 7.69. The molecular weight excluding hydrogens is 398 g/mol. The van der Waals surface area contributed by atoms with Gasteiger partial charge in [-0.05, 0) is 30.5 Å². The van der Waals surface area contributed by atoms with Gasteiger partial charge in [-0.1, -0.05) is 49.6 Å². The predicted octanol–water partition coefficient (Wildman–Crippen LogP) is 3.35. The number of imide groups is 1. The van der Waals surface area contributed by atoms with Crippen LogP contribution in [0, 0.1) is 0 Å². The van der Waals surface area contributed by atoms with Crippen LogP contribution in [0.5, 0.6) is 0 Å². The van der Waals surface area contributed by atoms with Crippen molar-refractivity contribution in [2.24, 2.45) is 0 Å². The Labute approximate surface area is 176 Å². The number of nitrogens with zero attached hydrogens (tertiary/aromatic N) is 1. The largest absolute Gasteiger partial charge is 0.351 e. The van der Waals surface area contributed by atoms with Crippen LogP contribution in [0.3, 0.4) is 0 Å². The zero-order valence-electron chi connectivity index (χ0n) is 15.9. The Morgan fingerprint density at radius 3 is 2.54 bits per heavy atom. The van der Waals surface area contributed by atoms with Crippen molar-refractivity contribution in [3.05, 3.63) is 35.4 Å². The predicted molar refractivity (Wildman–Crippen MR) is 114 cm³/mol. The molecule has 3 rings (SSSR count). The van der Waals surface area contributed by atoms with Crippen LogP contribution >= 0.6 is 24.2 Å². The molecule has 1 saturated carbocycles. The summed E-state index contributed by atoms with van der Waals surface area (Å²) in [5.74, 6) is -0.107. The van der Waals surface area contributed by atoms with Gasteiger partial charge in [0.25, 0.3) is 11.1 Å². The van der Waals surface area contributed by atoms with Crippen LogP contribution in [0.25, 0.3) is 0 Å². The highest BCUT2D eigenvalue weighted by Gasteiger charge is 2.29. The number of carbonyl (C=O) groups excluding carboxylic acids is 3. The molecule has 1 aromatic rings. The highest BCUT2D eigenvalue weighted by atomic mass is 35.5. The third-order valence-electron chi connectivity index (χ3n) is 5.07. The molecule has 2 fully saturated rings. The first-order valence-electron chi connectivity index (χ1n) is 9.71. The van der Waals surface area contributed by atoms with Crippen LogP contribution in [0.4, 0.5) is 4.79 Å². The van der Waals surface area contributed by atoms with E-state index in [1.54, 1.807) is 18.2 Å². The first kappa shape index (κ1) is 22.7. The van der Waals surface area contributed by atoms with E-state index in [2.05, 4.69) is 10.6 Å². The average Bonchev–Trinajstić information content (AvgIpc) is 2.88. The number of rotatable bonds is 7. The maximum absolute atomic E-state index is 12.4. The SMILES string of the molecule is Cl.O=C(NCCNC1CCCCCC1)c1cccc(CN2C(=O)CSC2=O)c1. The molecule has 0 spiro atoms. The summed E-state index contributed by atoms with van der Waals surface area (Å²) >= 11 is 1.02. The molecule has 154 valence electrons. The molecule has 1 aromatic carbocycles. The van der Waals surface area contributed by atoms with Crippen molar-refractivity contribution in [2.75, 3.05) is 18.8 Å². The van der Waals surface area contributed by atoms with Gasteiger partial charge in [-0.15, -0.1) is 12.4 Å². The molecule has 1 heterocycles. The summed E-state index contributed by atoms with van der Waals surface area (Å²) in [5.41, 5.74) is 1.33. The standard InChI is InChI=1S/C20H27N3O3S.ClH/c24-18-14-27-20(26)23(18)13-15-6-5-7-16(12-15)19(25)22-11-10-21-17-8-3-1-2-4-9-17;/h5-7,12,17,21H,1-4,8-11,13-14H2,(H,22,25);1H. The molecule has 1 saturated heterocycles. The van der Waals surface area contributed by atoms with Gasteiger partial charge in [0.1, 0.15) is 0 Å². The van der Waals surface area contributed by atoms with Crippen LogP contribution < -0.4 is 10.6 Å². The zero-order chi connectivity index (χ0) is 19.1. The molecule has 0 atom stereocenters. The van der Waals surface area contributed by atoms with Gasteiger partial charge in [0.05, 0.1) is 12.3 Å². The minimum atomic E-state index is -0.223. The maximum Gasteiger partial charge on any atom is 0.289 e. The maximum atomic E-state index is 12.4.